The lowest BCUT2D eigenvalue weighted by molar-refractivity contribution is -0.138. The molecule has 0 fully saturated rings. The third-order valence-electron chi connectivity index (χ3n) is 2.11. The first kappa shape index (κ1) is 15.3. The van der Waals surface area contributed by atoms with E-state index in [1.54, 1.807) is 11.8 Å². The molecule has 0 aromatic heterocycles. The van der Waals surface area contributed by atoms with Gasteiger partial charge in [-0.15, -0.1) is 0 Å². The second-order valence-corrected chi connectivity index (χ2v) is 4.89. The van der Waals surface area contributed by atoms with Gasteiger partial charge in [-0.2, -0.15) is 11.8 Å². The van der Waals surface area contributed by atoms with E-state index in [0.29, 0.717) is 0 Å². The van der Waals surface area contributed by atoms with Crippen molar-refractivity contribution in [3.8, 4) is 0 Å². The highest BCUT2D eigenvalue weighted by Gasteiger charge is 1.98. The topological polar surface area (TPSA) is 74.6 Å². The van der Waals surface area contributed by atoms with E-state index in [-0.39, 0.29) is 12.8 Å². The molecular formula is C11H20O4S. The smallest absolute Gasteiger partial charge is 0.303 e. The van der Waals surface area contributed by atoms with Gasteiger partial charge in [0.15, 0.2) is 0 Å². The molecule has 0 radical (unpaired) electrons. The number of aliphatic carboxylic acids is 2. The summed E-state index contributed by atoms with van der Waals surface area (Å²) >= 11 is 1.78. The summed E-state index contributed by atoms with van der Waals surface area (Å²) in [4.78, 5) is 20.4. The Morgan fingerprint density at radius 2 is 1.25 bits per heavy atom. The number of carboxylic acid groups (broad SMARTS) is 2. The average Bonchev–Trinajstić information content (AvgIpc) is 2.20. The summed E-state index contributed by atoms with van der Waals surface area (Å²) in [6, 6.07) is 0. The molecule has 94 valence electrons. The predicted molar refractivity (Wildman–Crippen MR) is 64.9 cm³/mol. The Morgan fingerprint density at radius 3 is 1.88 bits per heavy atom. The summed E-state index contributed by atoms with van der Waals surface area (Å²) in [6.45, 7) is 0. The SMILES string of the molecule is O=C(O)CCCCCCSCCCC(=O)O. The van der Waals surface area contributed by atoms with Crippen molar-refractivity contribution in [1.82, 2.24) is 0 Å². The van der Waals surface area contributed by atoms with Gasteiger partial charge < -0.3 is 10.2 Å². The Balaban J connectivity index is 2.98. The van der Waals surface area contributed by atoms with Crippen LogP contribution in [0.1, 0.15) is 44.9 Å². The van der Waals surface area contributed by atoms with Crippen LogP contribution >= 0.6 is 11.8 Å². The molecule has 4 nitrogen and oxygen atoms in total. The van der Waals surface area contributed by atoms with Crippen LogP contribution in [0.15, 0.2) is 0 Å². The molecule has 0 aliphatic rings. The van der Waals surface area contributed by atoms with Crippen molar-refractivity contribution >= 4 is 23.7 Å². The van der Waals surface area contributed by atoms with Crippen LogP contribution in [0.3, 0.4) is 0 Å². The predicted octanol–water partition coefficient (Wildman–Crippen LogP) is 2.62. The molecule has 0 aromatic carbocycles. The molecule has 0 aliphatic carbocycles. The van der Waals surface area contributed by atoms with Gasteiger partial charge in [0, 0.05) is 12.8 Å². The van der Waals surface area contributed by atoms with Crippen molar-refractivity contribution in [1.29, 1.82) is 0 Å². The summed E-state index contributed by atoms with van der Waals surface area (Å²) in [5, 5.41) is 16.8. The van der Waals surface area contributed by atoms with E-state index in [0.717, 1.165) is 43.6 Å². The van der Waals surface area contributed by atoms with Gasteiger partial charge in [0.1, 0.15) is 0 Å². The number of hydrogen-bond donors (Lipinski definition) is 2. The number of carbonyl (C=O) groups is 2. The van der Waals surface area contributed by atoms with Gasteiger partial charge in [0.25, 0.3) is 0 Å². The molecule has 5 heteroatoms. The minimum atomic E-state index is -0.728. The maximum absolute atomic E-state index is 10.2. The van der Waals surface area contributed by atoms with E-state index < -0.39 is 11.9 Å². The standard InChI is InChI=1S/C11H20O4S/c12-10(13)6-3-1-2-4-8-16-9-5-7-11(14)15/h1-9H2,(H,12,13)(H,14,15). The Hall–Kier alpha value is -0.710. The highest BCUT2D eigenvalue weighted by Crippen LogP contribution is 2.10. The van der Waals surface area contributed by atoms with Crippen molar-refractivity contribution < 1.29 is 19.8 Å². The van der Waals surface area contributed by atoms with Crippen molar-refractivity contribution in [2.24, 2.45) is 0 Å². The third-order valence-corrected chi connectivity index (χ3v) is 3.26. The maximum Gasteiger partial charge on any atom is 0.303 e. The Bertz CT molecular complexity index is 184. The molecule has 16 heavy (non-hydrogen) atoms. The molecule has 0 aromatic rings. The molecule has 0 heterocycles. The Labute approximate surface area is 100 Å². The molecular weight excluding hydrogens is 228 g/mol. The van der Waals surface area contributed by atoms with E-state index in [9.17, 15) is 9.59 Å². The van der Waals surface area contributed by atoms with Crippen LogP contribution in [0.4, 0.5) is 0 Å². The fourth-order valence-electron chi connectivity index (χ4n) is 1.26. The average molecular weight is 248 g/mol. The summed E-state index contributed by atoms with van der Waals surface area (Å²) in [7, 11) is 0. The third kappa shape index (κ3) is 13.3. The van der Waals surface area contributed by atoms with Gasteiger partial charge in [-0.25, -0.2) is 0 Å². The molecule has 0 unspecified atom stereocenters. The van der Waals surface area contributed by atoms with Crippen LogP contribution in [-0.2, 0) is 9.59 Å². The van der Waals surface area contributed by atoms with Gasteiger partial charge in [0.05, 0.1) is 0 Å². The van der Waals surface area contributed by atoms with E-state index in [1.165, 1.54) is 0 Å². The van der Waals surface area contributed by atoms with Crippen LogP contribution in [0.2, 0.25) is 0 Å². The zero-order chi connectivity index (χ0) is 12.2. The summed E-state index contributed by atoms with van der Waals surface area (Å²) < 4.78 is 0. The van der Waals surface area contributed by atoms with Crippen molar-refractivity contribution in [3.05, 3.63) is 0 Å². The molecule has 0 saturated carbocycles. The van der Waals surface area contributed by atoms with Gasteiger partial charge in [0.2, 0.25) is 0 Å². The number of rotatable bonds is 11. The molecule has 0 rings (SSSR count). The van der Waals surface area contributed by atoms with Crippen LogP contribution < -0.4 is 0 Å². The van der Waals surface area contributed by atoms with Crippen LogP contribution in [-0.4, -0.2) is 33.7 Å². The largest absolute Gasteiger partial charge is 0.481 e. The van der Waals surface area contributed by atoms with Crippen LogP contribution in [0.5, 0.6) is 0 Å². The quantitative estimate of drug-likeness (QED) is 0.550. The first-order valence-corrected chi connectivity index (χ1v) is 6.79. The molecule has 0 aliphatic heterocycles. The highest BCUT2D eigenvalue weighted by molar-refractivity contribution is 7.99. The van der Waals surface area contributed by atoms with Gasteiger partial charge >= 0.3 is 11.9 Å². The van der Waals surface area contributed by atoms with Crippen molar-refractivity contribution in [3.63, 3.8) is 0 Å². The lowest BCUT2D eigenvalue weighted by Crippen LogP contribution is -1.95. The Kier molecular flexibility index (Phi) is 10.3. The second kappa shape index (κ2) is 10.8. The first-order valence-electron chi connectivity index (χ1n) is 5.64. The number of unbranched alkanes of at least 4 members (excludes halogenated alkanes) is 3. The number of thioether (sulfide) groups is 1. The zero-order valence-electron chi connectivity index (χ0n) is 9.48. The van der Waals surface area contributed by atoms with Gasteiger partial charge in [-0.05, 0) is 30.8 Å². The van der Waals surface area contributed by atoms with Crippen molar-refractivity contribution in [2.45, 2.75) is 44.9 Å². The fourth-order valence-corrected chi connectivity index (χ4v) is 2.22. The molecule has 2 N–H and O–H groups in total. The number of hydrogen-bond acceptors (Lipinski definition) is 3. The second-order valence-electron chi connectivity index (χ2n) is 3.67. The lowest BCUT2D eigenvalue weighted by Gasteiger charge is -2.00. The fraction of sp³-hybridized carbons (Fsp3) is 0.818. The van der Waals surface area contributed by atoms with Crippen LogP contribution in [0.25, 0.3) is 0 Å². The van der Waals surface area contributed by atoms with Gasteiger partial charge in [-0.3, -0.25) is 9.59 Å². The summed E-state index contributed by atoms with van der Waals surface area (Å²) in [6.07, 6.45) is 5.16. The molecule has 0 atom stereocenters. The zero-order valence-corrected chi connectivity index (χ0v) is 10.3. The molecule has 0 saturated heterocycles. The minimum Gasteiger partial charge on any atom is -0.481 e. The first-order chi connectivity index (χ1) is 7.63. The van der Waals surface area contributed by atoms with E-state index >= 15 is 0 Å². The molecule has 0 spiro atoms. The van der Waals surface area contributed by atoms with E-state index in [4.69, 9.17) is 10.2 Å². The normalized spacial score (nSPS) is 10.2. The lowest BCUT2D eigenvalue weighted by atomic mass is 10.2. The van der Waals surface area contributed by atoms with E-state index in [2.05, 4.69) is 0 Å². The monoisotopic (exact) mass is 248 g/mol. The van der Waals surface area contributed by atoms with E-state index in [1.807, 2.05) is 0 Å². The highest BCUT2D eigenvalue weighted by atomic mass is 32.2. The van der Waals surface area contributed by atoms with Crippen LogP contribution in [0, 0.1) is 0 Å². The molecule has 0 bridgehead atoms. The van der Waals surface area contributed by atoms with Crippen molar-refractivity contribution in [2.75, 3.05) is 11.5 Å². The van der Waals surface area contributed by atoms with Gasteiger partial charge in [-0.1, -0.05) is 12.8 Å². The summed E-state index contributed by atoms with van der Waals surface area (Å²) in [5.74, 6) is 0.506. The minimum absolute atomic E-state index is 0.256. The number of carboxylic acids is 2. The maximum atomic E-state index is 10.2. The summed E-state index contributed by atoms with van der Waals surface area (Å²) in [5.41, 5.74) is 0. The Morgan fingerprint density at radius 1 is 0.750 bits per heavy atom. The molecule has 0 amide bonds.